The first kappa shape index (κ1) is 14.8. The van der Waals surface area contributed by atoms with Gasteiger partial charge in [0.05, 0.1) is 0 Å². The van der Waals surface area contributed by atoms with E-state index in [2.05, 4.69) is 4.90 Å². The summed E-state index contributed by atoms with van der Waals surface area (Å²) in [5, 5.41) is 0.663. The number of halogens is 1. The lowest BCUT2D eigenvalue weighted by Crippen LogP contribution is -2.46. The van der Waals surface area contributed by atoms with Gasteiger partial charge in [0, 0.05) is 35.8 Å². The predicted molar refractivity (Wildman–Crippen MR) is 84.5 cm³/mol. The van der Waals surface area contributed by atoms with E-state index in [-0.39, 0.29) is 5.91 Å². The molecular formula is C16H22ClN3O. The highest BCUT2D eigenvalue weighted by Crippen LogP contribution is 2.22. The third-order valence-corrected chi connectivity index (χ3v) is 4.88. The number of hydrogen-bond donors (Lipinski definition) is 1. The van der Waals surface area contributed by atoms with Gasteiger partial charge in [-0.3, -0.25) is 9.69 Å². The lowest BCUT2D eigenvalue weighted by atomic mass is 10.0. The molecule has 4 nitrogen and oxygen atoms in total. The number of likely N-dealkylation sites (tertiary alicyclic amines) is 2. The maximum atomic E-state index is 12.5. The lowest BCUT2D eigenvalue weighted by molar-refractivity contribution is 0.0769. The molecule has 1 aromatic carbocycles. The molecule has 21 heavy (non-hydrogen) atoms. The van der Waals surface area contributed by atoms with Crippen LogP contribution in [0.3, 0.4) is 0 Å². The summed E-state index contributed by atoms with van der Waals surface area (Å²) in [5.41, 5.74) is 6.68. The van der Waals surface area contributed by atoms with E-state index in [1.54, 1.807) is 24.3 Å². The zero-order chi connectivity index (χ0) is 14.8. The fourth-order valence-electron chi connectivity index (χ4n) is 3.28. The first-order chi connectivity index (χ1) is 10.1. The first-order valence-corrected chi connectivity index (χ1v) is 8.06. The second kappa shape index (κ2) is 6.34. The van der Waals surface area contributed by atoms with Gasteiger partial charge in [-0.25, -0.2) is 0 Å². The van der Waals surface area contributed by atoms with Crippen molar-refractivity contribution >= 4 is 17.5 Å². The van der Waals surface area contributed by atoms with Gasteiger partial charge in [0.15, 0.2) is 0 Å². The molecule has 0 saturated carbocycles. The van der Waals surface area contributed by atoms with Crippen LogP contribution in [0.1, 0.15) is 29.6 Å². The van der Waals surface area contributed by atoms with Gasteiger partial charge in [0.2, 0.25) is 0 Å². The molecule has 2 aliphatic heterocycles. The molecule has 0 bridgehead atoms. The standard InChI is InChI=1S/C16H22ClN3O/c17-13-3-1-12(2-4-13)16(21)20-10-7-15(11-20)19-8-5-14(18)6-9-19/h1-4,14-15H,5-11,18H2. The molecule has 0 aromatic heterocycles. The number of carbonyl (C=O) groups excluding carboxylic acids is 1. The number of nitrogens with two attached hydrogens (primary N) is 1. The van der Waals surface area contributed by atoms with Crippen LogP contribution < -0.4 is 5.73 Å². The van der Waals surface area contributed by atoms with Crippen molar-refractivity contribution in [2.24, 2.45) is 5.73 Å². The highest BCUT2D eigenvalue weighted by atomic mass is 35.5. The molecule has 0 aliphatic carbocycles. The average molecular weight is 308 g/mol. The molecule has 0 spiro atoms. The number of carbonyl (C=O) groups is 1. The van der Waals surface area contributed by atoms with Crippen LogP contribution in [0.2, 0.25) is 5.02 Å². The Hall–Kier alpha value is -1.10. The monoisotopic (exact) mass is 307 g/mol. The van der Waals surface area contributed by atoms with Crippen LogP contribution in [-0.4, -0.2) is 54.0 Å². The van der Waals surface area contributed by atoms with Gasteiger partial charge in [0.1, 0.15) is 0 Å². The van der Waals surface area contributed by atoms with E-state index < -0.39 is 0 Å². The minimum atomic E-state index is 0.114. The quantitative estimate of drug-likeness (QED) is 0.909. The number of amides is 1. The SMILES string of the molecule is NC1CCN(C2CCN(C(=O)c3ccc(Cl)cc3)C2)CC1. The Morgan fingerprint density at radius 2 is 1.76 bits per heavy atom. The molecular weight excluding hydrogens is 286 g/mol. The summed E-state index contributed by atoms with van der Waals surface area (Å²) in [6.45, 7) is 3.80. The topological polar surface area (TPSA) is 49.6 Å². The van der Waals surface area contributed by atoms with Crippen LogP contribution in [0.15, 0.2) is 24.3 Å². The van der Waals surface area contributed by atoms with Crippen molar-refractivity contribution in [1.29, 1.82) is 0 Å². The molecule has 2 heterocycles. The molecule has 2 saturated heterocycles. The second-order valence-electron chi connectivity index (χ2n) is 6.07. The minimum absolute atomic E-state index is 0.114. The number of benzene rings is 1. The molecule has 1 atom stereocenters. The second-order valence-corrected chi connectivity index (χ2v) is 6.51. The lowest BCUT2D eigenvalue weighted by Gasteiger charge is -2.34. The molecule has 2 aliphatic rings. The summed E-state index contributed by atoms with van der Waals surface area (Å²) in [6, 6.07) is 8.00. The van der Waals surface area contributed by atoms with Crippen LogP contribution >= 0.6 is 11.6 Å². The van der Waals surface area contributed by atoms with Crippen LogP contribution in [0.25, 0.3) is 0 Å². The Morgan fingerprint density at radius 3 is 2.43 bits per heavy atom. The molecule has 0 radical (unpaired) electrons. The van der Waals surface area contributed by atoms with Crippen LogP contribution in [0, 0.1) is 0 Å². The van der Waals surface area contributed by atoms with Crippen LogP contribution in [-0.2, 0) is 0 Å². The Bertz CT molecular complexity index is 497. The number of rotatable bonds is 2. The summed E-state index contributed by atoms with van der Waals surface area (Å²) in [5.74, 6) is 0.114. The van der Waals surface area contributed by atoms with Crippen molar-refractivity contribution in [3.8, 4) is 0 Å². The van der Waals surface area contributed by atoms with Gasteiger partial charge >= 0.3 is 0 Å². The molecule has 2 N–H and O–H groups in total. The van der Waals surface area contributed by atoms with Crippen molar-refractivity contribution < 1.29 is 4.79 Å². The van der Waals surface area contributed by atoms with Gasteiger partial charge < -0.3 is 10.6 Å². The molecule has 114 valence electrons. The van der Waals surface area contributed by atoms with Crippen LogP contribution in [0.5, 0.6) is 0 Å². The minimum Gasteiger partial charge on any atom is -0.337 e. The Labute approximate surface area is 130 Å². The molecule has 3 rings (SSSR count). The maximum absolute atomic E-state index is 12.5. The van der Waals surface area contributed by atoms with Crippen LogP contribution in [0.4, 0.5) is 0 Å². The summed E-state index contributed by atoms with van der Waals surface area (Å²) in [4.78, 5) is 16.9. The van der Waals surface area contributed by atoms with E-state index >= 15 is 0 Å². The summed E-state index contributed by atoms with van der Waals surface area (Å²) < 4.78 is 0. The van der Waals surface area contributed by atoms with Crippen molar-refractivity contribution in [2.45, 2.75) is 31.3 Å². The molecule has 1 amide bonds. The average Bonchev–Trinajstić information content (AvgIpc) is 2.98. The Kier molecular flexibility index (Phi) is 4.48. The summed E-state index contributed by atoms with van der Waals surface area (Å²) in [6.07, 6.45) is 3.21. The van der Waals surface area contributed by atoms with Gasteiger partial charge in [-0.1, -0.05) is 11.6 Å². The predicted octanol–water partition coefficient (Wildman–Crippen LogP) is 1.98. The third-order valence-electron chi connectivity index (χ3n) is 4.63. The molecule has 2 fully saturated rings. The number of hydrogen-bond acceptors (Lipinski definition) is 3. The molecule has 5 heteroatoms. The Balaban J connectivity index is 1.59. The van der Waals surface area contributed by atoms with Crippen molar-refractivity contribution in [3.63, 3.8) is 0 Å². The fourth-order valence-corrected chi connectivity index (χ4v) is 3.41. The van der Waals surface area contributed by atoms with E-state index in [0.29, 0.717) is 17.1 Å². The van der Waals surface area contributed by atoms with Crippen molar-refractivity contribution in [1.82, 2.24) is 9.80 Å². The third kappa shape index (κ3) is 3.39. The molecule has 1 unspecified atom stereocenters. The van der Waals surface area contributed by atoms with E-state index in [1.165, 1.54) is 0 Å². The van der Waals surface area contributed by atoms with Gasteiger partial charge in [-0.2, -0.15) is 0 Å². The van der Waals surface area contributed by atoms with E-state index in [9.17, 15) is 4.79 Å². The fraction of sp³-hybridized carbons (Fsp3) is 0.562. The van der Waals surface area contributed by atoms with Crippen molar-refractivity contribution in [3.05, 3.63) is 34.9 Å². The zero-order valence-electron chi connectivity index (χ0n) is 12.2. The van der Waals surface area contributed by atoms with E-state index in [4.69, 9.17) is 17.3 Å². The largest absolute Gasteiger partial charge is 0.337 e. The number of nitrogens with zero attached hydrogens (tertiary/aromatic N) is 2. The maximum Gasteiger partial charge on any atom is 0.253 e. The summed E-state index contributed by atoms with van der Waals surface area (Å²) >= 11 is 5.87. The molecule has 1 aromatic rings. The first-order valence-electron chi connectivity index (χ1n) is 7.68. The van der Waals surface area contributed by atoms with E-state index in [1.807, 2.05) is 4.90 Å². The normalized spacial score (nSPS) is 24.5. The summed E-state index contributed by atoms with van der Waals surface area (Å²) in [7, 11) is 0. The highest BCUT2D eigenvalue weighted by Gasteiger charge is 2.32. The number of piperidine rings is 1. The van der Waals surface area contributed by atoms with Gasteiger partial charge in [0.25, 0.3) is 5.91 Å². The highest BCUT2D eigenvalue weighted by molar-refractivity contribution is 6.30. The van der Waals surface area contributed by atoms with Gasteiger partial charge in [-0.05, 0) is 56.6 Å². The van der Waals surface area contributed by atoms with Gasteiger partial charge in [-0.15, -0.1) is 0 Å². The van der Waals surface area contributed by atoms with Crippen molar-refractivity contribution in [2.75, 3.05) is 26.2 Å². The van der Waals surface area contributed by atoms with E-state index in [0.717, 1.165) is 51.0 Å². The zero-order valence-corrected chi connectivity index (χ0v) is 12.9. The Morgan fingerprint density at radius 1 is 1.10 bits per heavy atom. The smallest absolute Gasteiger partial charge is 0.253 e.